The molecule has 0 amide bonds. The van der Waals surface area contributed by atoms with E-state index in [4.69, 9.17) is 5.11 Å². The molecule has 5 heteroatoms. The van der Waals surface area contributed by atoms with Gasteiger partial charge in [0, 0.05) is 12.2 Å². The average Bonchev–Trinajstić information content (AvgIpc) is 2.28. The Labute approximate surface area is 143 Å². The number of hydrogen-bond donors (Lipinski definition) is 1. The van der Waals surface area contributed by atoms with Gasteiger partial charge in [-0.15, -0.1) is 0 Å². The molecular weight excluding hydrogens is 247 g/mol. The number of carbonyl (C=O) groups excluding carboxylic acids is 1. The van der Waals surface area contributed by atoms with Crippen LogP contribution in [0.2, 0.25) is 0 Å². The van der Waals surface area contributed by atoms with E-state index in [9.17, 15) is 9.59 Å². The molecule has 4 nitrogen and oxygen atoms in total. The summed E-state index contributed by atoms with van der Waals surface area (Å²) in [5.74, 6) is -1.92. The summed E-state index contributed by atoms with van der Waals surface area (Å²) >= 11 is 0. The molecule has 17 heavy (non-hydrogen) atoms. The van der Waals surface area contributed by atoms with Crippen LogP contribution in [0.5, 0.6) is 0 Å². The maximum Gasteiger partial charge on any atom is 1.00 e. The maximum absolute atomic E-state index is 10.9. The van der Waals surface area contributed by atoms with Gasteiger partial charge < -0.3 is 11.3 Å². The first kappa shape index (κ1) is 16.3. The largest absolute Gasteiger partial charge is 1.00 e. The number of benzene rings is 1. The van der Waals surface area contributed by atoms with Crippen LogP contribution in [-0.2, 0) is 14.3 Å². The van der Waals surface area contributed by atoms with Crippen LogP contribution in [0.1, 0.15) is 6.99 Å². The summed E-state index contributed by atoms with van der Waals surface area (Å²) in [4.78, 5) is 21.0. The molecule has 0 aliphatic rings. The molecule has 0 atom stereocenters. The molecule has 1 aromatic rings. The second kappa shape index (κ2) is 9.32. The Hall–Kier alpha value is -0.724. The Morgan fingerprint density at radius 3 is 2.41 bits per heavy atom. The molecule has 0 fully saturated rings. The molecule has 0 aromatic heterocycles. The second-order valence-electron chi connectivity index (χ2n) is 2.82. The Bertz CT molecular complexity index is 429. The van der Waals surface area contributed by atoms with Crippen molar-refractivity contribution in [2.24, 2.45) is 0 Å². The number of carbonyl (C=O) groups is 2. The van der Waals surface area contributed by atoms with Crippen LogP contribution in [0.25, 0.3) is 6.08 Å². The molecule has 0 saturated carbocycles. The Morgan fingerprint density at radius 1 is 1.18 bits per heavy atom. The molecule has 0 bridgehead atoms. The molecule has 0 radical (unpaired) electrons. The molecule has 0 aliphatic heterocycles. The molecular formula is C12H11KO4. The number of hydrogen-bond acceptors (Lipinski definition) is 3. The van der Waals surface area contributed by atoms with E-state index in [1.807, 2.05) is 30.3 Å². The number of carboxylic acid groups (broad SMARTS) is 1. The van der Waals surface area contributed by atoms with Gasteiger partial charge in [0.1, 0.15) is 0 Å². The van der Waals surface area contributed by atoms with E-state index < -0.39 is 11.9 Å². The molecule has 1 aromatic carbocycles. The summed E-state index contributed by atoms with van der Waals surface area (Å²) in [6.07, 6.45) is 4.38. The van der Waals surface area contributed by atoms with Crippen molar-refractivity contribution in [3.05, 3.63) is 54.3 Å². The molecule has 0 heterocycles. The van der Waals surface area contributed by atoms with Gasteiger partial charge in [0.25, 0.3) is 0 Å². The van der Waals surface area contributed by atoms with Gasteiger partial charge in [0.2, 0.25) is 0 Å². The van der Waals surface area contributed by atoms with Crippen molar-refractivity contribution in [2.75, 3.05) is 0 Å². The van der Waals surface area contributed by atoms with E-state index in [1.54, 1.807) is 6.08 Å². The average molecular weight is 258 g/mol. The van der Waals surface area contributed by atoms with Crippen molar-refractivity contribution in [1.82, 2.24) is 0 Å². The SMILES string of the molecule is O=C(O)/C=C\C(=O)OC=Cc1ccccc1.[H-].[K+]. The minimum atomic E-state index is -1.19. The monoisotopic (exact) mass is 258 g/mol. The predicted octanol–water partition coefficient (Wildman–Crippen LogP) is -1.04. The molecule has 0 spiro atoms. The summed E-state index contributed by atoms with van der Waals surface area (Å²) in [6, 6.07) is 9.27. The normalized spacial score (nSPS) is 10.1. The van der Waals surface area contributed by atoms with Crippen LogP contribution in [0.4, 0.5) is 0 Å². The first-order chi connectivity index (χ1) is 7.68. The van der Waals surface area contributed by atoms with Crippen molar-refractivity contribution in [3.8, 4) is 0 Å². The van der Waals surface area contributed by atoms with Crippen molar-refractivity contribution in [3.63, 3.8) is 0 Å². The predicted molar refractivity (Wildman–Crippen MR) is 59.5 cm³/mol. The third kappa shape index (κ3) is 8.06. The van der Waals surface area contributed by atoms with Gasteiger partial charge in [0.05, 0.1) is 6.26 Å². The van der Waals surface area contributed by atoms with Crippen LogP contribution in [0.3, 0.4) is 0 Å². The van der Waals surface area contributed by atoms with Crippen LogP contribution in [0, 0.1) is 0 Å². The van der Waals surface area contributed by atoms with Gasteiger partial charge in [-0.3, -0.25) is 0 Å². The number of ether oxygens (including phenoxy) is 1. The second-order valence-corrected chi connectivity index (χ2v) is 2.82. The number of carboxylic acids is 1. The van der Waals surface area contributed by atoms with Crippen LogP contribution in [0.15, 0.2) is 48.7 Å². The summed E-state index contributed by atoms with van der Waals surface area (Å²) < 4.78 is 4.63. The summed E-state index contributed by atoms with van der Waals surface area (Å²) in [5.41, 5.74) is 0.887. The van der Waals surface area contributed by atoms with E-state index in [1.165, 1.54) is 6.26 Å². The standard InChI is InChI=1S/C12H10O4.K.H/c13-11(14)6-7-12(15)16-9-8-10-4-2-1-3-5-10;;/h1-9H,(H,13,14);;/q;+1;-1/b7-6-,9-8?;;. The number of aliphatic carboxylic acids is 1. The third-order valence-corrected chi connectivity index (χ3v) is 1.61. The molecule has 84 valence electrons. The Kier molecular flexibility index (Phi) is 8.92. The van der Waals surface area contributed by atoms with Crippen LogP contribution in [-0.4, -0.2) is 17.0 Å². The zero-order valence-electron chi connectivity index (χ0n) is 10.4. The van der Waals surface area contributed by atoms with Crippen molar-refractivity contribution < 1.29 is 72.2 Å². The van der Waals surface area contributed by atoms with Crippen LogP contribution >= 0.6 is 0 Å². The van der Waals surface area contributed by atoms with Crippen LogP contribution < -0.4 is 51.4 Å². The maximum atomic E-state index is 10.9. The molecule has 1 rings (SSSR count). The van der Waals surface area contributed by atoms with Gasteiger partial charge in [0.15, 0.2) is 0 Å². The zero-order valence-corrected chi connectivity index (χ0v) is 12.5. The zero-order chi connectivity index (χ0) is 11.8. The molecule has 0 unspecified atom stereocenters. The van der Waals surface area contributed by atoms with Gasteiger partial charge in [-0.05, 0) is 11.6 Å². The molecule has 0 aliphatic carbocycles. The quantitative estimate of drug-likeness (QED) is 0.324. The smallest absolute Gasteiger partial charge is 1.00 e. The number of rotatable bonds is 4. The fourth-order valence-electron chi connectivity index (χ4n) is 0.922. The van der Waals surface area contributed by atoms with E-state index >= 15 is 0 Å². The van der Waals surface area contributed by atoms with Gasteiger partial charge in [-0.1, -0.05) is 30.3 Å². The van der Waals surface area contributed by atoms with Crippen molar-refractivity contribution in [1.29, 1.82) is 0 Å². The first-order valence-electron chi connectivity index (χ1n) is 4.52. The fraction of sp³-hybridized carbons (Fsp3) is 0. The van der Waals surface area contributed by atoms with E-state index in [2.05, 4.69) is 4.74 Å². The minimum absolute atomic E-state index is 0. The van der Waals surface area contributed by atoms with Crippen molar-refractivity contribution >= 4 is 18.0 Å². The van der Waals surface area contributed by atoms with E-state index in [0.29, 0.717) is 0 Å². The molecule has 1 N–H and O–H groups in total. The minimum Gasteiger partial charge on any atom is -1.00 e. The summed E-state index contributed by atoms with van der Waals surface area (Å²) in [7, 11) is 0. The van der Waals surface area contributed by atoms with E-state index in [0.717, 1.165) is 17.7 Å². The number of esters is 1. The topological polar surface area (TPSA) is 63.6 Å². The van der Waals surface area contributed by atoms with Gasteiger partial charge in [-0.2, -0.15) is 0 Å². The summed E-state index contributed by atoms with van der Waals surface area (Å²) in [6.45, 7) is 0. The van der Waals surface area contributed by atoms with Crippen molar-refractivity contribution in [2.45, 2.75) is 0 Å². The van der Waals surface area contributed by atoms with Gasteiger partial charge >= 0.3 is 63.3 Å². The Morgan fingerprint density at radius 2 is 1.82 bits per heavy atom. The molecule has 0 saturated heterocycles. The third-order valence-electron chi connectivity index (χ3n) is 1.61. The Balaban J connectivity index is 0. The fourth-order valence-corrected chi connectivity index (χ4v) is 0.922. The first-order valence-corrected chi connectivity index (χ1v) is 4.52. The van der Waals surface area contributed by atoms with Gasteiger partial charge in [-0.25, -0.2) is 9.59 Å². The summed E-state index contributed by atoms with van der Waals surface area (Å²) in [5, 5.41) is 8.25. The van der Waals surface area contributed by atoms with E-state index in [-0.39, 0.29) is 52.8 Å².